The van der Waals surface area contributed by atoms with Crippen molar-refractivity contribution in [1.29, 1.82) is 0 Å². The predicted octanol–water partition coefficient (Wildman–Crippen LogP) is 5.87. The highest BCUT2D eigenvalue weighted by atomic mass is 17.2. The van der Waals surface area contributed by atoms with Gasteiger partial charge in [-0.1, -0.05) is 13.8 Å². The van der Waals surface area contributed by atoms with Gasteiger partial charge >= 0.3 is 17.9 Å². The van der Waals surface area contributed by atoms with Gasteiger partial charge in [-0.2, -0.15) is 0 Å². The molecule has 4 fully saturated rings. The molecule has 0 heterocycles. The molecular weight excluding hydrogens is 488 g/mol. The number of carboxylic acids is 2. The lowest BCUT2D eigenvalue weighted by molar-refractivity contribution is -0.338. The summed E-state index contributed by atoms with van der Waals surface area (Å²) in [7, 11) is 0. The van der Waals surface area contributed by atoms with Crippen molar-refractivity contribution in [2.75, 3.05) is 6.61 Å². The van der Waals surface area contributed by atoms with E-state index in [4.69, 9.17) is 14.5 Å². The minimum Gasteiger partial charge on any atom is -0.481 e. The largest absolute Gasteiger partial charge is 0.481 e. The standard InChI is InChI=1S/C30H48O8/c1-18-3-13-25(28(31)32)22(15-18)17-36-38-24-11-7-21(8-12-24)20-5-9-23(10-6-20)37-30(35)27-16-19(2)4-14-26(27)29(33)34/h18-27H,3-17H2,1-2H3,(H,31,32)(H,33,34). The van der Waals surface area contributed by atoms with E-state index in [9.17, 15) is 24.6 Å². The number of carbonyl (C=O) groups excluding carboxylic acids is 1. The van der Waals surface area contributed by atoms with Crippen molar-refractivity contribution in [3.63, 3.8) is 0 Å². The second kappa shape index (κ2) is 13.6. The average molecular weight is 537 g/mol. The number of hydrogen-bond donors (Lipinski definition) is 2. The van der Waals surface area contributed by atoms with Crippen molar-refractivity contribution in [3.05, 3.63) is 0 Å². The van der Waals surface area contributed by atoms with E-state index >= 15 is 0 Å². The highest BCUT2D eigenvalue weighted by molar-refractivity contribution is 5.81. The number of hydrogen-bond acceptors (Lipinski definition) is 6. The molecule has 6 atom stereocenters. The highest BCUT2D eigenvalue weighted by Crippen LogP contribution is 2.41. The van der Waals surface area contributed by atoms with Crippen LogP contribution in [0.3, 0.4) is 0 Å². The van der Waals surface area contributed by atoms with E-state index < -0.39 is 23.8 Å². The second-order valence-electron chi connectivity index (χ2n) is 13.0. The van der Waals surface area contributed by atoms with Gasteiger partial charge in [0.05, 0.1) is 30.5 Å². The Morgan fingerprint density at radius 1 is 0.632 bits per heavy atom. The van der Waals surface area contributed by atoms with Crippen molar-refractivity contribution < 1.29 is 39.1 Å². The molecule has 216 valence electrons. The Bertz CT molecular complexity index is 798. The molecule has 8 nitrogen and oxygen atoms in total. The van der Waals surface area contributed by atoms with Crippen LogP contribution in [-0.2, 0) is 28.9 Å². The van der Waals surface area contributed by atoms with E-state index in [2.05, 4.69) is 13.8 Å². The van der Waals surface area contributed by atoms with Gasteiger partial charge in [0, 0.05) is 0 Å². The monoisotopic (exact) mass is 536 g/mol. The van der Waals surface area contributed by atoms with Gasteiger partial charge in [0.1, 0.15) is 6.10 Å². The van der Waals surface area contributed by atoms with Gasteiger partial charge in [0.15, 0.2) is 0 Å². The Labute approximate surface area is 227 Å². The fraction of sp³-hybridized carbons (Fsp3) is 0.900. The molecule has 0 aromatic carbocycles. The maximum absolute atomic E-state index is 12.9. The summed E-state index contributed by atoms with van der Waals surface area (Å²) in [4.78, 5) is 47.4. The molecule has 6 unspecified atom stereocenters. The Morgan fingerprint density at radius 3 is 1.74 bits per heavy atom. The summed E-state index contributed by atoms with van der Waals surface area (Å²) in [5.41, 5.74) is 0. The van der Waals surface area contributed by atoms with Gasteiger partial charge in [0.25, 0.3) is 0 Å². The van der Waals surface area contributed by atoms with Gasteiger partial charge in [-0.05, 0) is 119 Å². The molecule has 0 spiro atoms. The van der Waals surface area contributed by atoms with Crippen molar-refractivity contribution in [3.8, 4) is 0 Å². The van der Waals surface area contributed by atoms with Crippen LogP contribution in [0.1, 0.15) is 104 Å². The first-order valence-electron chi connectivity index (χ1n) is 15.2. The molecule has 0 amide bonds. The smallest absolute Gasteiger partial charge is 0.310 e. The maximum atomic E-state index is 12.9. The SMILES string of the molecule is CC1CCC(C(=O)O)C(COOC2CCC(C3CCC(OC(=O)C4CC(C)CCC4C(=O)O)CC3)CC2)C1. The zero-order chi connectivity index (χ0) is 27.2. The van der Waals surface area contributed by atoms with Crippen LogP contribution < -0.4 is 0 Å². The van der Waals surface area contributed by atoms with E-state index in [0.29, 0.717) is 43.1 Å². The Kier molecular flexibility index (Phi) is 10.5. The number of aliphatic carboxylic acids is 2. The van der Waals surface area contributed by atoms with Crippen molar-refractivity contribution >= 4 is 17.9 Å². The molecule has 0 saturated heterocycles. The zero-order valence-electron chi connectivity index (χ0n) is 23.2. The minimum absolute atomic E-state index is 0.0217. The van der Waals surface area contributed by atoms with Gasteiger partial charge < -0.3 is 14.9 Å². The van der Waals surface area contributed by atoms with E-state index in [1.807, 2.05) is 0 Å². The van der Waals surface area contributed by atoms with E-state index in [-0.39, 0.29) is 30.0 Å². The lowest BCUT2D eigenvalue weighted by Crippen LogP contribution is -2.38. The van der Waals surface area contributed by atoms with Crippen molar-refractivity contribution in [1.82, 2.24) is 0 Å². The summed E-state index contributed by atoms with van der Waals surface area (Å²) in [6, 6.07) is 0. The molecule has 0 bridgehead atoms. The molecule has 4 rings (SSSR count). The Morgan fingerprint density at radius 2 is 1.16 bits per heavy atom. The third kappa shape index (κ3) is 7.71. The summed E-state index contributed by atoms with van der Waals surface area (Å²) >= 11 is 0. The molecule has 4 aliphatic rings. The van der Waals surface area contributed by atoms with Gasteiger partial charge in [-0.15, -0.1) is 0 Å². The lowest BCUT2D eigenvalue weighted by atomic mass is 9.72. The van der Waals surface area contributed by atoms with Gasteiger partial charge in [-0.3, -0.25) is 14.4 Å². The Hall–Kier alpha value is -1.67. The number of ether oxygens (including phenoxy) is 1. The number of carboxylic acid groups (broad SMARTS) is 2. The Balaban J connectivity index is 1.13. The third-order valence-corrected chi connectivity index (χ3v) is 10.2. The number of rotatable bonds is 9. The van der Waals surface area contributed by atoms with Gasteiger partial charge in [-0.25, -0.2) is 9.78 Å². The van der Waals surface area contributed by atoms with Crippen molar-refractivity contribution in [2.45, 2.75) is 116 Å². The minimum atomic E-state index is -0.874. The summed E-state index contributed by atoms with van der Waals surface area (Å²) in [5.74, 6) is -1.15. The van der Waals surface area contributed by atoms with Crippen LogP contribution >= 0.6 is 0 Å². The molecule has 0 radical (unpaired) electrons. The summed E-state index contributed by atoms with van der Waals surface area (Å²) in [5, 5.41) is 19.1. The van der Waals surface area contributed by atoms with Crippen LogP contribution in [0.25, 0.3) is 0 Å². The van der Waals surface area contributed by atoms with Crippen LogP contribution in [0.4, 0.5) is 0 Å². The molecule has 0 aromatic heterocycles. The maximum Gasteiger partial charge on any atom is 0.310 e. The molecule has 0 aliphatic heterocycles. The van der Waals surface area contributed by atoms with Crippen molar-refractivity contribution in [2.24, 2.45) is 47.3 Å². The van der Waals surface area contributed by atoms with E-state index in [0.717, 1.165) is 77.0 Å². The molecule has 0 aromatic rings. The molecular formula is C30H48O8. The zero-order valence-corrected chi connectivity index (χ0v) is 23.2. The quantitative estimate of drug-likeness (QED) is 0.213. The fourth-order valence-electron chi connectivity index (χ4n) is 7.75. The van der Waals surface area contributed by atoms with Crippen LogP contribution in [0, 0.1) is 47.3 Å². The molecule has 8 heteroatoms. The van der Waals surface area contributed by atoms with Crippen LogP contribution in [0.2, 0.25) is 0 Å². The van der Waals surface area contributed by atoms with Gasteiger partial charge in [0.2, 0.25) is 0 Å². The summed E-state index contributed by atoms with van der Waals surface area (Å²) in [6.45, 7) is 4.62. The molecule has 38 heavy (non-hydrogen) atoms. The fourth-order valence-corrected chi connectivity index (χ4v) is 7.75. The first-order chi connectivity index (χ1) is 18.2. The third-order valence-electron chi connectivity index (χ3n) is 10.2. The van der Waals surface area contributed by atoms with Crippen LogP contribution in [0.5, 0.6) is 0 Å². The number of esters is 1. The number of carbonyl (C=O) groups is 3. The highest BCUT2D eigenvalue weighted by Gasteiger charge is 2.41. The topological polar surface area (TPSA) is 119 Å². The van der Waals surface area contributed by atoms with Crippen LogP contribution in [0.15, 0.2) is 0 Å². The summed E-state index contributed by atoms with van der Waals surface area (Å²) in [6.07, 6.45) is 12.5. The normalized spacial score (nSPS) is 40.3. The van der Waals surface area contributed by atoms with E-state index in [1.165, 1.54) is 0 Å². The lowest BCUT2D eigenvalue weighted by Gasteiger charge is -2.38. The first kappa shape index (κ1) is 29.3. The second-order valence-corrected chi connectivity index (χ2v) is 13.0. The molecule has 4 aliphatic carbocycles. The van der Waals surface area contributed by atoms with Crippen LogP contribution in [-0.4, -0.2) is 46.9 Å². The average Bonchev–Trinajstić information content (AvgIpc) is 2.89. The predicted molar refractivity (Wildman–Crippen MR) is 140 cm³/mol. The molecule has 4 saturated carbocycles. The molecule has 2 N–H and O–H groups in total. The first-order valence-corrected chi connectivity index (χ1v) is 15.2. The van der Waals surface area contributed by atoms with E-state index in [1.54, 1.807) is 0 Å². The summed E-state index contributed by atoms with van der Waals surface area (Å²) < 4.78 is 5.86.